The molecule has 0 aromatic heterocycles. The first-order valence-corrected chi connectivity index (χ1v) is 19.9. The van der Waals surface area contributed by atoms with Gasteiger partial charge in [0, 0.05) is 13.1 Å². The van der Waals surface area contributed by atoms with Gasteiger partial charge in [0.05, 0.1) is 42.1 Å². The summed E-state index contributed by atoms with van der Waals surface area (Å²) in [6.07, 6.45) is 7.52. The molecule has 0 radical (unpaired) electrons. The van der Waals surface area contributed by atoms with E-state index in [-0.39, 0.29) is 49.6 Å². The first kappa shape index (κ1) is 45.3. The van der Waals surface area contributed by atoms with Gasteiger partial charge in [0.25, 0.3) is 0 Å². The van der Waals surface area contributed by atoms with Crippen LogP contribution in [0.25, 0.3) is 0 Å². The predicted octanol–water partition coefficient (Wildman–Crippen LogP) is 6.67. The lowest BCUT2D eigenvalue weighted by molar-refractivity contribution is -0.162. The highest BCUT2D eigenvalue weighted by atomic mass is 16.5. The van der Waals surface area contributed by atoms with Crippen LogP contribution >= 0.6 is 0 Å². The molecule has 0 aliphatic carbocycles. The van der Waals surface area contributed by atoms with Crippen LogP contribution in [0.4, 0.5) is 0 Å². The largest absolute Gasteiger partial charge is 0.481 e. The molecule has 2 aliphatic heterocycles. The van der Waals surface area contributed by atoms with Crippen molar-refractivity contribution in [3.05, 3.63) is 0 Å². The number of amides is 4. The third kappa shape index (κ3) is 10.7. The second-order valence-electron chi connectivity index (χ2n) is 17.8. The van der Waals surface area contributed by atoms with Crippen molar-refractivity contribution >= 4 is 35.6 Å². The molecule has 298 valence electrons. The van der Waals surface area contributed by atoms with Gasteiger partial charge in [0.15, 0.2) is 0 Å². The fourth-order valence-electron chi connectivity index (χ4n) is 9.03. The molecule has 0 bridgehead atoms. The average molecular weight is 734 g/mol. The molecule has 1 N–H and O–H groups in total. The summed E-state index contributed by atoms with van der Waals surface area (Å²) in [5.74, 6) is -7.95. The molecule has 0 aromatic rings. The number of aliphatic carboxylic acids is 1. The Hall–Kier alpha value is -2.82. The van der Waals surface area contributed by atoms with Crippen molar-refractivity contribution in [2.75, 3.05) is 40.3 Å². The third-order valence-corrected chi connectivity index (χ3v) is 12.1. The summed E-state index contributed by atoms with van der Waals surface area (Å²) in [4.78, 5) is 87.5. The van der Waals surface area contributed by atoms with E-state index in [2.05, 4.69) is 6.92 Å². The van der Waals surface area contributed by atoms with Gasteiger partial charge in [0.2, 0.25) is 23.6 Å². The molecule has 6 unspecified atom stereocenters. The van der Waals surface area contributed by atoms with E-state index < -0.39 is 63.7 Å². The van der Waals surface area contributed by atoms with Crippen molar-refractivity contribution < 1.29 is 38.6 Å². The number of carbonyl (C=O) groups excluding carboxylic acids is 5. The van der Waals surface area contributed by atoms with Crippen LogP contribution in [0.3, 0.4) is 0 Å². The van der Waals surface area contributed by atoms with Crippen LogP contribution in [0, 0.1) is 51.8 Å². The summed E-state index contributed by atoms with van der Waals surface area (Å²) >= 11 is 0. The Kier molecular flexibility index (Phi) is 16.5. The number of hydrogen-bond acceptors (Lipinski definition) is 8. The molecule has 52 heavy (non-hydrogen) atoms. The smallest absolute Gasteiger partial charge is 0.309 e. The Morgan fingerprint density at radius 2 is 1.21 bits per heavy atom. The number of carboxylic acid groups (broad SMARTS) is 1. The van der Waals surface area contributed by atoms with Crippen LogP contribution in [-0.4, -0.2) is 95.7 Å². The first-order valence-electron chi connectivity index (χ1n) is 19.9. The third-order valence-electron chi connectivity index (χ3n) is 12.1. The fourth-order valence-corrected chi connectivity index (χ4v) is 9.03. The van der Waals surface area contributed by atoms with Gasteiger partial charge >= 0.3 is 11.9 Å². The SMILES string of the molecule is CCCCCCCCN1C(=O)C(CC(C)(C)C(C(=O)O)C(C)C(=O)OCC)C(C(C)(C)CC2C(=O)N(CCCN(C)C)C(=O)C2C(C)(C)CC)C1=O. The summed E-state index contributed by atoms with van der Waals surface area (Å²) in [5, 5.41) is 10.4. The Morgan fingerprint density at radius 3 is 1.69 bits per heavy atom. The summed E-state index contributed by atoms with van der Waals surface area (Å²) in [6, 6.07) is 0. The lowest BCUT2D eigenvalue weighted by atomic mass is 9.60. The van der Waals surface area contributed by atoms with E-state index in [1.807, 2.05) is 53.6 Å². The maximum absolute atomic E-state index is 14.5. The van der Waals surface area contributed by atoms with Gasteiger partial charge in [-0.15, -0.1) is 0 Å². The number of esters is 1. The Bertz CT molecular complexity index is 1270. The predicted molar refractivity (Wildman–Crippen MR) is 202 cm³/mol. The van der Waals surface area contributed by atoms with E-state index in [9.17, 15) is 33.9 Å². The number of hydrogen-bond donors (Lipinski definition) is 1. The van der Waals surface area contributed by atoms with Gasteiger partial charge in [-0.3, -0.25) is 38.6 Å². The van der Waals surface area contributed by atoms with Gasteiger partial charge in [0.1, 0.15) is 0 Å². The number of nitrogens with zero attached hydrogens (tertiary/aromatic N) is 3. The molecular formula is C41H71N3O8. The maximum Gasteiger partial charge on any atom is 0.309 e. The highest BCUT2D eigenvalue weighted by Crippen LogP contribution is 2.53. The lowest BCUT2D eigenvalue weighted by Crippen LogP contribution is -2.44. The average Bonchev–Trinajstić information content (AvgIpc) is 3.41. The summed E-state index contributed by atoms with van der Waals surface area (Å²) < 4.78 is 5.20. The molecule has 6 atom stereocenters. The minimum Gasteiger partial charge on any atom is -0.481 e. The Morgan fingerprint density at radius 1 is 0.731 bits per heavy atom. The highest BCUT2D eigenvalue weighted by Gasteiger charge is 2.60. The fraction of sp³-hybridized carbons (Fsp3) is 0.854. The lowest BCUT2D eigenvalue weighted by Gasteiger charge is -2.41. The minimum absolute atomic E-state index is 0.0530. The highest BCUT2D eigenvalue weighted by molar-refractivity contribution is 6.07. The number of ether oxygens (including phenoxy) is 1. The zero-order valence-corrected chi connectivity index (χ0v) is 34.5. The monoisotopic (exact) mass is 734 g/mol. The van der Waals surface area contributed by atoms with Crippen molar-refractivity contribution in [3.63, 3.8) is 0 Å². The standard InChI is InChI=1S/C41H71N3O8/c1-13-16-17-18-19-20-23-43-34(46)29(25-40(7,8)30(37(49)50)27(4)38(51)52-15-3)32(36(43)48)41(9,10)26-28-31(39(5,6)14-2)35(47)44(33(28)45)24-21-22-42(11)12/h27-32H,13-26H2,1-12H3,(H,49,50). The zero-order chi connectivity index (χ0) is 39.8. The number of carbonyl (C=O) groups is 6. The van der Waals surface area contributed by atoms with Gasteiger partial charge < -0.3 is 14.7 Å². The van der Waals surface area contributed by atoms with Crippen LogP contribution in [0.15, 0.2) is 0 Å². The number of rotatable bonds is 23. The molecule has 11 nitrogen and oxygen atoms in total. The van der Waals surface area contributed by atoms with Gasteiger partial charge in [-0.2, -0.15) is 0 Å². The summed E-state index contributed by atoms with van der Waals surface area (Å²) in [7, 11) is 3.90. The van der Waals surface area contributed by atoms with E-state index in [1.165, 1.54) is 16.7 Å². The number of likely N-dealkylation sites (tertiary alicyclic amines) is 2. The van der Waals surface area contributed by atoms with Crippen molar-refractivity contribution in [2.24, 2.45) is 51.8 Å². The Balaban J connectivity index is 2.57. The molecule has 2 heterocycles. The van der Waals surface area contributed by atoms with Gasteiger partial charge in [-0.25, -0.2) is 0 Å². The Labute approximate surface area is 313 Å². The summed E-state index contributed by atoms with van der Waals surface area (Å²) in [6.45, 7) is 20.1. The van der Waals surface area contributed by atoms with Crippen LogP contribution in [-0.2, 0) is 33.5 Å². The zero-order valence-electron chi connectivity index (χ0n) is 34.5. The second-order valence-corrected chi connectivity index (χ2v) is 17.8. The van der Waals surface area contributed by atoms with Crippen molar-refractivity contribution in [2.45, 2.75) is 133 Å². The van der Waals surface area contributed by atoms with Crippen molar-refractivity contribution in [1.29, 1.82) is 0 Å². The van der Waals surface area contributed by atoms with Gasteiger partial charge in [-0.05, 0) is 69.5 Å². The van der Waals surface area contributed by atoms with Crippen molar-refractivity contribution in [1.82, 2.24) is 14.7 Å². The minimum atomic E-state index is -1.18. The molecule has 2 saturated heterocycles. The van der Waals surface area contributed by atoms with Gasteiger partial charge in [-0.1, -0.05) is 101 Å². The van der Waals surface area contributed by atoms with E-state index in [1.54, 1.807) is 20.8 Å². The van der Waals surface area contributed by atoms with Crippen molar-refractivity contribution in [3.8, 4) is 0 Å². The molecule has 2 fully saturated rings. The van der Waals surface area contributed by atoms with Crippen LogP contribution in [0.1, 0.15) is 133 Å². The maximum atomic E-state index is 14.5. The first-order chi connectivity index (χ1) is 24.1. The van der Waals surface area contributed by atoms with Crippen LogP contribution in [0.2, 0.25) is 0 Å². The molecule has 4 amide bonds. The molecule has 2 rings (SSSR count). The quantitative estimate of drug-likeness (QED) is 0.0693. The molecular weight excluding hydrogens is 662 g/mol. The molecule has 0 saturated carbocycles. The number of carboxylic acids is 1. The van der Waals surface area contributed by atoms with E-state index in [0.29, 0.717) is 25.8 Å². The molecule has 11 heteroatoms. The molecule has 0 aromatic carbocycles. The topological polar surface area (TPSA) is 142 Å². The molecule has 0 spiro atoms. The normalized spacial score (nSPS) is 22.9. The van der Waals surface area contributed by atoms with Crippen LogP contribution in [0.5, 0.6) is 0 Å². The second kappa shape index (κ2) is 19.0. The number of imide groups is 2. The van der Waals surface area contributed by atoms with E-state index in [0.717, 1.165) is 38.6 Å². The molecule has 2 aliphatic rings. The number of unbranched alkanes of at least 4 members (excludes halogenated alkanes) is 5. The van der Waals surface area contributed by atoms with Crippen LogP contribution < -0.4 is 0 Å². The van der Waals surface area contributed by atoms with E-state index in [4.69, 9.17) is 4.74 Å². The summed E-state index contributed by atoms with van der Waals surface area (Å²) in [5.41, 5.74) is -2.47. The van der Waals surface area contributed by atoms with E-state index >= 15 is 0 Å².